The van der Waals surface area contributed by atoms with E-state index in [1.807, 2.05) is 12.1 Å². The minimum Gasteiger partial charge on any atom is -0.437 e. The number of benzene rings is 2. The third-order valence-electron chi connectivity index (χ3n) is 5.47. The van der Waals surface area contributed by atoms with Gasteiger partial charge in [0.2, 0.25) is 5.88 Å². The second-order valence-electron chi connectivity index (χ2n) is 7.56. The number of carbonyl (C=O) groups is 1. The first kappa shape index (κ1) is 21.2. The number of ether oxygens (including phenoxy) is 1. The molecule has 168 valence electrons. The van der Waals surface area contributed by atoms with Crippen molar-refractivity contribution in [1.82, 2.24) is 14.5 Å². The van der Waals surface area contributed by atoms with E-state index in [0.29, 0.717) is 16.7 Å². The maximum atomic E-state index is 14.2. The molecule has 1 amide bonds. The summed E-state index contributed by atoms with van der Waals surface area (Å²) in [6, 6.07) is 14.2. The van der Waals surface area contributed by atoms with Gasteiger partial charge in [-0.25, -0.2) is 13.8 Å². The molecule has 3 aromatic heterocycles. The molecule has 0 spiro atoms. The molecule has 2 aromatic carbocycles. The normalized spacial score (nSPS) is 11.1. The van der Waals surface area contributed by atoms with Gasteiger partial charge in [0.25, 0.3) is 5.91 Å². The Morgan fingerprint density at radius 2 is 1.88 bits per heavy atom. The summed E-state index contributed by atoms with van der Waals surface area (Å²) >= 11 is 0. The summed E-state index contributed by atoms with van der Waals surface area (Å²) in [4.78, 5) is 33.0. The number of para-hydroxylation sites is 1. The van der Waals surface area contributed by atoms with Crippen molar-refractivity contribution in [1.29, 1.82) is 0 Å². The lowest BCUT2D eigenvalue weighted by Gasteiger charge is -2.17. The third kappa shape index (κ3) is 3.43. The zero-order valence-corrected chi connectivity index (χ0v) is 17.8. The van der Waals surface area contributed by atoms with Crippen molar-refractivity contribution in [2.75, 3.05) is 0 Å². The van der Waals surface area contributed by atoms with E-state index in [1.165, 1.54) is 31.5 Å². The van der Waals surface area contributed by atoms with Crippen LogP contribution in [0.15, 0.2) is 71.8 Å². The van der Waals surface area contributed by atoms with Crippen LogP contribution in [0.5, 0.6) is 11.6 Å². The number of primary amides is 1. The first-order chi connectivity index (χ1) is 16.3. The molecule has 0 radical (unpaired) electrons. The van der Waals surface area contributed by atoms with Gasteiger partial charge < -0.3 is 15.0 Å². The van der Waals surface area contributed by atoms with Crippen molar-refractivity contribution in [3.63, 3.8) is 0 Å². The molecule has 2 N–H and O–H groups in total. The third-order valence-corrected chi connectivity index (χ3v) is 5.47. The van der Waals surface area contributed by atoms with Gasteiger partial charge in [-0.1, -0.05) is 18.2 Å². The molecule has 0 bridgehead atoms. The summed E-state index contributed by atoms with van der Waals surface area (Å²) in [7, 11) is 0. The van der Waals surface area contributed by atoms with Crippen LogP contribution in [0.1, 0.15) is 16.1 Å². The van der Waals surface area contributed by atoms with Crippen LogP contribution in [0.2, 0.25) is 0 Å². The number of nitrogens with zero attached hydrogens (tertiary/aromatic N) is 3. The Kier molecular flexibility index (Phi) is 5.01. The molecular weight excluding hydrogens is 442 g/mol. The van der Waals surface area contributed by atoms with Crippen LogP contribution in [0.3, 0.4) is 0 Å². The van der Waals surface area contributed by atoms with Crippen LogP contribution in [-0.2, 0) is 0 Å². The number of carbonyl (C=O) groups excluding carboxylic acids is 1. The zero-order chi connectivity index (χ0) is 24.0. The standard InChI is InChI=1S/C25H16F2N4O3/c1-13-20(7-6-15(26)22(13)27)34-25-18(12-14-4-2-3-5-16(14)30-25)31-11-9-19(32)21-17(31)8-10-29-23(21)24(28)33/h2-12H,1H3,(H2,28,33). The van der Waals surface area contributed by atoms with E-state index < -0.39 is 23.0 Å². The number of rotatable bonds is 4. The molecule has 0 unspecified atom stereocenters. The minimum absolute atomic E-state index is 0.0223. The van der Waals surface area contributed by atoms with Gasteiger partial charge in [0.15, 0.2) is 17.1 Å². The molecule has 5 aromatic rings. The Morgan fingerprint density at radius 3 is 2.68 bits per heavy atom. The number of hydrogen-bond acceptors (Lipinski definition) is 5. The van der Waals surface area contributed by atoms with Crippen LogP contribution in [-0.4, -0.2) is 20.4 Å². The summed E-state index contributed by atoms with van der Waals surface area (Å²) in [6.07, 6.45) is 2.87. The highest BCUT2D eigenvalue weighted by molar-refractivity contribution is 6.03. The summed E-state index contributed by atoms with van der Waals surface area (Å²) in [6.45, 7) is 1.40. The van der Waals surface area contributed by atoms with Crippen LogP contribution in [0.4, 0.5) is 8.78 Å². The lowest BCUT2D eigenvalue weighted by Crippen LogP contribution is -2.18. The molecule has 0 aliphatic heterocycles. The van der Waals surface area contributed by atoms with E-state index >= 15 is 0 Å². The smallest absolute Gasteiger partial charge is 0.268 e. The fourth-order valence-corrected chi connectivity index (χ4v) is 3.78. The second kappa shape index (κ2) is 8.04. The second-order valence-corrected chi connectivity index (χ2v) is 7.56. The fraction of sp³-hybridized carbons (Fsp3) is 0.0400. The Morgan fingerprint density at radius 1 is 1.09 bits per heavy atom. The average Bonchev–Trinajstić information content (AvgIpc) is 2.84. The number of fused-ring (bicyclic) bond motifs is 2. The van der Waals surface area contributed by atoms with Crippen molar-refractivity contribution in [2.24, 2.45) is 5.73 Å². The highest BCUT2D eigenvalue weighted by atomic mass is 19.2. The summed E-state index contributed by atoms with van der Waals surface area (Å²) in [5.74, 6) is -2.70. The van der Waals surface area contributed by atoms with Gasteiger partial charge in [0, 0.05) is 29.4 Å². The molecule has 3 heterocycles. The molecule has 0 saturated carbocycles. The maximum absolute atomic E-state index is 14.2. The summed E-state index contributed by atoms with van der Waals surface area (Å²) in [5, 5.41) is 0.809. The monoisotopic (exact) mass is 458 g/mol. The Labute approximate surface area is 191 Å². The highest BCUT2D eigenvalue weighted by Crippen LogP contribution is 2.34. The number of halogens is 2. The van der Waals surface area contributed by atoms with Crippen LogP contribution < -0.4 is 15.9 Å². The Balaban J connectivity index is 1.81. The van der Waals surface area contributed by atoms with Crippen molar-refractivity contribution in [3.05, 3.63) is 100 Å². The maximum Gasteiger partial charge on any atom is 0.268 e. The van der Waals surface area contributed by atoms with Gasteiger partial charge in [-0.3, -0.25) is 14.6 Å². The first-order valence-electron chi connectivity index (χ1n) is 10.2. The van der Waals surface area contributed by atoms with Crippen molar-refractivity contribution >= 4 is 27.7 Å². The molecule has 0 aliphatic carbocycles. The van der Waals surface area contributed by atoms with Crippen LogP contribution in [0.25, 0.3) is 27.5 Å². The fourth-order valence-electron chi connectivity index (χ4n) is 3.78. The Bertz CT molecular complexity index is 1680. The number of pyridine rings is 3. The molecule has 0 atom stereocenters. The van der Waals surface area contributed by atoms with Crippen molar-refractivity contribution in [2.45, 2.75) is 6.92 Å². The first-order valence-corrected chi connectivity index (χ1v) is 10.2. The topological polar surface area (TPSA) is 100 Å². The molecule has 34 heavy (non-hydrogen) atoms. The van der Waals surface area contributed by atoms with E-state index in [1.54, 1.807) is 28.8 Å². The molecule has 7 nitrogen and oxygen atoms in total. The van der Waals surface area contributed by atoms with E-state index in [4.69, 9.17) is 10.5 Å². The number of aromatic nitrogens is 3. The van der Waals surface area contributed by atoms with Gasteiger partial charge in [0.05, 0.1) is 16.4 Å². The van der Waals surface area contributed by atoms with E-state index in [9.17, 15) is 18.4 Å². The van der Waals surface area contributed by atoms with Gasteiger partial charge in [-0.2, -0.15) is 0 Å². The quantitative estimate of drug-likeness (QED) is 0.430. The summed E-state index contributed by atoms with van der Waals surface area (Å²) < 4.78 is 35.4. The molecule has 5 rings (SSSR count). The van der Waals surface area contributed by atoms with E-state index in [0.717, 1.165) is 11.5 Å². The number of amides is 1. The van der Waals surface area contributed by atoms with Crippen molar-refractivity contribution in [3.8, 4) is 17.3 Å². The van der Waals surface area contributed by atoms with Gasteiger partial charge in [0.1, 0.15) is 17.1 Å². The van der Waals surface area contributed by atoms with Crippen LogP contribution >= 0.6 is 0 Å². The number of hydrogen-bond donors (Lipinski definition) is 1. The van der Waals surface area contributed by atoms with Gasteiger partial charge in [-0.15, -0.1) is 0 Å². The molecule has 0 aliphatic rings. The molecule has 0 saturated heterocycles. The van der Waals surface area contributed by atoms with Gasteiger partial charge >= 0.3 is 0 Å². The molecule has 0 fully saturated rings. The summed E-state index contributed by atoms with van der Waals surface area (Å²) in [5.41, 5.74) is 6.17. The van der Waals surface area contributed by atoms with E-state index in [2.05, 4.69) is 9.97 Å². The lowest BCUT2D eigenvalue weighted by atomic mass is 10.1. The predicted octanol–water partition coefficient (Wildman–Crippen LogP) is 4.41. The minimum atomic E-state index is -1.02. The highest BCUT2D eigenvalue weighted by Gasteiger charge is 2.19. The van der Waals surface area contributed by atoms with Gasteiger partial charge in [-0.05, 0) is 37.3 Å². The zero-order valence-electron chi connectivity index (χ0n) is 17.8. The molecular formula is C25H16F2N4O3. The lowest BCUT2D eigenvalue weighted by molar-refractivity contribution is 0.0997. The largest absolute Gasteiger partial charge is 0.437 e. The van der Waals surface area contributed by atoms with Crippen molar-refractivity contribution < 1.29 is 18.3 Å². The SMILES string of the molecule is Cc1c(Oc2nc3ccccc3cc2-n2ccc(=O)c3c(C(N)=O)nccc32)ccc(F)c1F. The predicted molar refractivity (Wildman–Crippen MR) is 122 cm³/mol. The van der Waals surface area contributed by atoms with Crippen LogP contribution in [0, 0.1) is 18.6 Å². The van der Waals surface area contributed by atoms with E-state index in [-0.39, 0.29) is 28.3 Å². The Hall–Kier alpha value is -4.66. The molecule has 9 heteroatoms. The average molecular weight is 458 g/mol. The number of nitrogens with two attached hydrogens (primary N) is 1.